The normalized spacial score (nSPS) is 15.2. The van der Waals surface area contributed by atoms with Crippen molar-refractivity contribution in [2.24, 2.45) is 17.8 Å². The van der Waals surface area contributed by atoms with Crippen LogP contribution in [0.25, 0.3) is 0 Å². The van der Waals surface area contributed by atoms with Gasteiger partial charge in [0.2, 0.25) is 17.3 Å². The molecule has 3 N–H and O–H groups in total. The topological polar surface area (TPSA) is 259 Å². The van der Waals surface area contributed by atoms with E-state index in [1.54, 1.807) is 0 Å². The minimum absolute atomic E-state index is 0.570. The van der Waals surface area contributed by atoms with Gasteiger partial charge in [0.15, 0.2) is 34.7 Å². The van der Waals surface area contributed by atoms with Crippen LogP contribution in [0.2, 0.25) is 0 Å². The van der Waals surface area contributed by atoms with Crippen LogP contribution >= 0.6 is 7.82 Å². The van der Waals surface area contributed by atoms with Crippen molar-refractivity contribution in [1.29, 1.82) is 0 Å². The molecule has 3 unspecified atom stereocenters. The van der Waals surface area contributed by atoms with Gasteiger partial charge >= 0.3 is 7.82 Å². The highest BCUT2D eigenvalue weighted by atomic mass is 31.2. The van der Waals surface area contributed by atoms with E-state index in [0.29, 0.717) is 0 Å². The Morgan fingerprint density at radius 1 is 0.356 bits per heavy atom. The monoisotopic (exact) mass is 842 g/mol. The Labute approximate surface area is 342 Å². The molecule has 0 aromatic carbocycles. The lowest BCUT2D eigenvalue weighted by Crippen LogP contribution is -2.59. The summed E-state index contributed by atoms with van der Waals surface area (Å²) in [5.74, 6) is -36.5. The molecule has 0 aliphatic rings. The van der Waals surface area contributed by atoms with Gasteiger partial charge in [-0.1, -0.05) is 59.2 Å². The summed E-state index contributed by atoms with van der Waals surface area (Å²) >= 11 is 0. The predicted octanol–water partition coefficient (Wildman–Crippen LogP) is 4.37. The van der Waals surface area contributed by atoms with Crippen molar-refractivity contribution in [1.82, 2.24) is 0 Å². The molecule has 17 heteroatoms. The average Bonchev–Trinajstić information content (AvgIpc) is 3.09. The molecule has 0 saturated carbocycles. The van der Waals surface area contributed by atoms with Gasteiger partial charge in [-0.15, -0.1) is 0 Å². The molecular weight excluding hydrogens is 791 g/mol. The highest BCUT2D eigenvalue weighted by Crippen LogP contribution is 2.61. The van der Waals surface area contributed by atoms with Gasteiger partial charge in [-0.05, 0) is 112 Å². The zero-order chi connectivity index (χ0) is 47.2. The molecule has 16 nitrogen and oxygen atoms in total. The van der Waals surface area contributed by atoms with Crippen molar-refractivity contribution >= 4 is 59.9 Å². The van der Waals surface area contributed by atoms with Crippen LogP contribution in [0.3, 0.4) is 0 Å². The first-order chi connectivity index (χ1) is 26.4. The number of phosphoric acid groups is 1. The molecular formula is C42H51O16P. The maximum Gasteiger partial charge on any atom is 0.483 e. The standard InChI is InChI=1S/C42H51O16P/c1-19(2)31(43)28(32(44)20(3)4)40(52,37(49)25(13)14)56-59(55,57-41(53,38(50)26(15)16)29(33(45)21(5)6)34(46)22(7)8)58-42(54,39(51)27(17)18)30(35(47)23(9)10)36(48)24(11)12/h28-30,52-54H,1,3,5,7,9,11,13,15,17H2,2,4,6,8,10,12,14,16,18H3. The molecule has 0 aromatic rings. The smallest absolute Gasteiger partial charge is 0.358 e. The van der Waals surface area contributed by atoms with Gasteiger partial charge in [0.25, 0.3) is 17.4 Å². The second-order valence-corrected chi connectivity index (χ2v) is 15.7. The quantitative estimate of drug-likeness (QED) is 0.0449. The molecule has 0 rings (SSSR count). The largest absolute Gasteiger partial charge is 0.483 e. The average molecular weight is 843 g/mol. The Hall–Kier alpha value is -5.32. The third-order valence-corrected chi connectivity index (χ3v) is 9.67. The van der Waals surface area contributed by atoms with E-state index >= 15 is 4.57 Å². The molecule has 59 heavy (non-hydrogen) atoms. The predicted molar refractivity (Wildman–Crippen MR) is 215 cm³/mol. The van der Waals surface area contributed by atoms with E-state index in [0.717, 1.165) is 62.3 Å². The Morgan fingerprint density at radius 2 is 0.492 bits per heavy atom. The number of allylic oxidation sites excluding steroid dienone is 6. The molecule has 0 bridgehead atoms. The van der Waals surface area contributed by atoms with E-state index < -0.39 is 145 Å². The number of ketones is 9. The maximum absolute atomic E-state index is 15.6. The first-order valence-corrected chi connectivity index (χ1v) is 18.6. The number of hydrogen-bond donors (Lipinski definition) is 3. The van der Waals surface area contributed by atoms with Crippen molar-refractivity contribution < 1.29 is 76.6 Å². The van der Waals surface area contributed by atoms with Crippen molar-refractivity contribution in [3.8, 4) is 0 Å². The Kier molecular flexibility index (Phi) is 17.9. The molecule has 320 valence electrons. The summed E-state index contributed by atoms with van der Waals surface area (Å²) in [6.45, 7) is 39.1. The first-order valence-electron chi connectivity index (χ1n) is 17.1. The molecule has 0 amide bonds. The zero-order valence-electron chi connectivity index (χ0n) is 34.7. The number of rotatable bonds is 27. The molecule has 0 aliphatic carbocycles. The van der Waals surface area contributed by atoms with E-state index in [1.165, 1.54) is 0 Å². The molecule has 0 aliphatic heterocycles. The van der Waals surface area contributed by atoms with Crippen LogP contribution in [0.15, 0.2) is 109 Å². The van der Waals surface area contributed by atoms with Gasteiger partial charge in [0.05, 0.1) is 0 Å². The number of Topliss-reactive ketones (excluding diaryl/α,β-unsaturated/α-hetero) is 9. The van der Waals surface area contributed by atoms with Crippen LogP contribution in [0.5, 0.6) is 0 Å². The highest BCUT2D eigenvalue weighted by Gasteiger charge is 2.66. The van der Waals surface area contributed by atoms with Crippen molar-refractivity contribution in [3.63, 3.8) is 0 Å². The fraction of sp³-hybridized carbons (Fsp3) is 0.357. The van der Waals surface area contributed by atoms with Gasteiger partial charge in [-0.3, -0.25) is 43.2 Å². The summed E-state index contributed by atoms with van der Waals surface area (Å²) in [4.78, 5) is 124. The van der Waals surface area contributed by atoms with Crippen molar-refractivity contribution in [2.45, 2.75) is 79.7 Å². The molecule has 3 atom stereocenters. The summed E-state index contributed by atoms with van der Waals surface area (Å²) in [5, 5.41) is 36.8. The molecule has 0 radical (unpaired) electrons. The number of carbonyl (C=O) groups is 9. The highest BCUT2D eigenvalue weighted by molar-refractivity contribution is 7.48. The van der Waals surface area contributed by atoms with Gasteiger partial charge in [0, 0.05) is 0 Å². The van der Waals surface area contributed by atoms with Crippen LogP contribution in [0.1, 0.15) is 62.3 Å². The van der Waals surface area contributed by atoms with E-state index in [4.69, 9.17) is 13.6 Å². The number of aliphatic hydroxyl groups is 3. The first kappa shape index (κ1) is 53.7. The van der Waals surface area contributed by atoms with Crippen LogP contribution in [0.4, 0.5) is 0 Å². The van der Waals surface area contributed by atoms with Gasteiger partial charge < -0.3 is 15.3 Å². The van der Waals surface area contributed by atoms with Gasteiger partial charge in [0.1, 0.15) is 17.8 Å². The SMILES string of the molecule is C=C(C)C(=O)C(C(=O)C(=C)C)C(O)(OP(=O)(OC(O)(C(=O)C(=C)C)C(C(=O)C(=C)C)C(=O)C(=C)C)OC(O)(C(=O)C(=C)C)C(C(=O)C(=C)C)C(=O)C(=C)C)C(=O)C(=C)C. The lowest BCUT2D eigenvalue weighted by atomic mass is 9.81. The minimum Gasteiger partial charge on any atom is -0.358 e. The molecule has 0 spiro atoms. The second-order valence-electron chi connectivity index (χ2n) is 14.3. The number of carbonyl (C=O) groups excluding carboxylic acids is 9. The summed E-state index contributed by atoms with van der Waals surface area (Å²) in [7, 11) is -7.07. The molecule has 0 heterocycles. The third-order valence-electron chi connectivity index (χ3n) is 8.16. The molecule has 0 fully saturated rings. The van der Waals surface area contributed by atoms with E-state index in [1.807, 2.05) is 0 Å². The lowest BCUT2D eigenvalue weighted by Gasteiger charge is -2.41. The maximum atomic E-state index is 15.6. The minimum atomic E-state index is -7.07. The molecule has 0 aromatic heterocycles. The van der Waals surface area contributed by atoms with Gasteiger partial charge in [-0.2, -0.15) is 0 Å². The Balaban J connectivity index is 9.54. The summed E-state index contributed by atoms with van der Waals surface area (Å²) in [6.07, 6.45) is 0. The van der Waals surface area contributed by atoms with Crippen molar-refractivity contribution in [2.75, 3.05) is 0 Å². The van der Waals surface area contributed by atoms with E-state index in [-0.39, 0.29) is 0 Å². The van der Waals surface area contributed by atoms with Crippen LogP contribution in [-0.2, 0) is 61.3 Å². The molecule has 0 saturated heterocycles. The van der Waals surface area contributed by atoms with Crippen LogP contribution in [0, 0.1) is 17.8 Å². The van der Waals surface area contributed by atoms with Crippen LogP contribution in [-0.4, -0.2) is 84.7 Å². The summed E-state index contributed by atoms with van der Waals surface area (Å²) < 4.78 is 31.5. The fourth-order valence-corrected chi connectivity index (χ4v) is 6.76. The van der Waals surface area contributed by atoms with E-state index in [9.17, 15) is 58.5 Å². The Morgan fingerprint density at radius 3 is 0.593 bits per heavy atom. The second kappa shape index (κ2) is 19.6. The zero-order valence-corrected chi connectivity index (χ0v) is 35.6. The summed E-state index contributed by atoms with van der Waals surface area (Å²) in [5.41, 5.74) is -5.77. The van der Waals surface area contributed by atoms with Gasteiger partial charge in [-0.25, -0.2) is 18.1 Å². The lowest BCUT2D eigenvalue weighted by molar-refractivity contribution is -0.233. The number of hydrogen-bond acceptors (Lipinski definition) is 16. The van der Waals surface area contributed by atoms with Crippen LogP contribution < -0.4 is 0 Å². The fourth-order valence-electron chi connectivity index (χ4n) is 5.06. The summed E-state index contributed by atoms with van der Waals surface area (Å²) in [6, 6.07) is 0. The number of phosphoric ester groups is 1. The van der Waals surface area contributed by atoms with E-state index in [2.05, 4.69) is 59.2 Å². The van der Waals surface area contributed by atoms with Crippen molar-refractivity contribution in [3.05, 3.63) is 109 Å². The Bertz CT molecular complexity index is 1800. The third kappa shape index (κ3) is 11.5.